The standard InChI is InChI=1S/C18H16N6O2/c19-22-17(23-20)15(25)10-16(26)18-21-13-8-4-5-9-14(13)24(18)11-12-6-2-1-3-7-12/h1-9,19H,10-11,20H2. The first kappa shape index (κ1) is 17.2. The molecule has 0 spiro atoms. The summed E-state index contributed by atoms with van der Waals surface area (Å²) in [6.07, 6.45) is -0.503. The highest BCUT2D eigenvalue weighted by Crippen LogP contribution is 2.19. The van der Waals surface area contributed by atoms with Crippen molar-refractivity contribution < 1.29 is 9.59 Å². The summed E-state index contributed by atoms with van der Waals surface area (Å²) in [5, 5.41) is 6.05. The number of fused-ring (bicyclic) bond motifs is 1. The number of rotatable bonds is 6. The fraction of sp³-hybridized carbons (Fsp3) is 0.111. The van der Waals surface area contributed by atoms with Gasteiger partial charge in [-0.05, 0) is 17.7 Å². The molecule has 1 aromatic heterocycles. The predicted octanol–water partition coefficient (Wildman–Crippen LogP) is 2.53. The number of hydrogen-bond acceptors (Lipinski definition) is 6. The molecule has 0 fully saturated rings. The number of benzene rings is 2. The average Bonchev–Trinajstić information content (AvgIpc) is 3.02. The van der Waals surface area contributed by atoms with Crippen molar-refractivity contribution in [1.29, 1.82) is 5.53 Å². The number of nitrogens with zero attached hydrogens (tertiary/aromatic N) is 4. The average molecular weight is 348 g/mol. The third-order valence-electron chi connectivity index (χ3n) is 3.89. The van der Waals surface area contributed by atoms with Crippen LogP contribution in [-0.2, 0) is 11.3 Å². The molecule has 0 aliphatic carbocycles. The summed E-state index contributed by atoms with van der Waals surface area (Å²) in [4.78, 5) is 29.0. The van der Waals surface area contributed by atoms with Gasteiger partial charge >= 0.3 is 0 Å². The third kappa shape index (κ3) is 3.39. The van der Waals surface area contributed by atoms with Crippen molar-refractivity contribution in [3.05, 3.63) is 66.0 Å². The van der Waals surface area contributed by atoms with Gasteiger partial charge in [0.15, 0.2) is 5.82 Å². The van der Waals surface area contributed by atoms with Gasteiger partial charge in [0.2, 0.25) is 17.4 Å². The summed E-state index contributed by atoms with van der Waals surface area (Å²) >= 11 is 0. The molecule has 26 heavy (non-hydrogen) atoms. The number of carbonyl (C=O) groups is 2. The highest BCUT2D eigenvalue weighted by Gasteiger charge is 2.22. The second kappa shape index (κ2) is 7.47. The zero-order valence-corrected chi connectivity index (χ0v) is 13.8. The molecule has 0 saturated carbocycles. The summed E-state index contributed by atoms with van der Waals surface area (Å²) in [7, 11) is 0. The first-order chi connectivity index (χ1) is 12.6. The van der Waals surface area contributed by atoms with Crippen LogP contribution in [-0.4, -0.2) is 27.0 Å². The smallest absolute Gasteiger partial charge is 0.235 e. The summed E-state index contributed by atoms with van der Waals surface area (Å²) in [6.45, 7) is 0.442. The molecule has 1 heterocycles. The number of nitrogens with two attached hydrogens (primary N) is 1. The molecule has 0 unspecified atom stereocenters. The number of carbonyl (C=O) groups excluding carboxylic acids is 2. The Morgan fingerprint density at radius 1 is 1.08 bits per heavy atom. The summed E-state index contributed by atoms with van der Waals surface area (Å²) < 4.78 is 1.78. The van der Waals surface area contributed by atoms with Gasteiger partial charge in [-0.1, -0.05) is 42.5 Å². The molecule has 2 aromatic carbocycles. The molecule has 0 aliphatic heterocycles. The van der Waals surface area contributed by atoms with E-state index in [-0.39, 0.29) is 5.82 Å². The Morgan fingerprint density at radius 2 is 1.77 bits per heavy atom. The zero-order chi connectivity index (χ0) is 18.5. The first-order valence-electron chi connectivity index (χ1n) is 7.85. The van der Waals surface area contributed by atoms with Crippen LogP contribution < -0.4 is 5.84 Å². The molecule has 0 saturated heterocycles. The molecular formula is C18H16N6O2. The van der Waals surface area contributed by atoms with Crippen molar-refractivity contribution in [2.24, 2.45) is 16.1 Å². The topological polar surface area (TPSA) is 127 Å². The van der Waals surface area contributed by atoms with E-state index in [1.165, 1.54) is 0 Å². The fourth-order valence-electron chi connectivity index (χ4n) is 2.68. The van der Waals surface area contributed by atoms with Gasteiger partial charge in [0, 0.05) is 6.54 Å². The Bertz CT molecular complexity index is 1010. The van der Waals surface area contributed by atoms with Crippen LogP contribution in [0.25, 0.3) is 11.0 Å². The predicted molar refractivity (Wildman–Crippen MR) is 96.0 cm³/mol. The number of amidine groups is 1. The molecule has 0 radical (unpaired) electrons. The lowest BCUT2D eigenvalue weighted by Gasteiger charge is -2.08. The lowest BCUT2D eigenvalue weighted by atomic mass is 10.1. The van der Waals surface area contributed by atoms with Crippen LogP contribution in [0.2, 0.25) is 0 Å². The molecule has 8 nitrogen and oxygen atoms in total. The van der Waals surface area contributed by atoms with E-state index < -0.39 is 23.8 Å². The molecule has 0 aliphatic rings. The van der Waals surface area contributed by atoms with E-state index in [1.807, 2.05) is 48.5 Å². The minimum Gasteiger partial charge on any atom is -0.321 e. The van der Waals surface area contributed by atoms with E-state index in [9.17, 15) is 9.59 Å². The quantitative estimate of drug-likeness (QED) is 0.135. The lowest BCUT2D eigenvalue weighted by Crippen LogP contribution is -2.20. The van der Waals surface area contributed by atoms with Crippen molar-refractivity contribution in [2.75, 3.05) is 0 Å². The minimum absolute atomic E-state index is 0.171. The number of nitrogens with one attached hydrogen (secondary N) is 1. The maximum atomic E-state index is 12.7. The van der Waals surface area contributed by atoms with Crippen LogP contribution in [0.5, 0.6) is 0 Å². The van der Waals surface area contributed by atoms with Gasteiger partial charge in [-0.15, -0.1) is 5.11 Å². The Labute approximate surface area is 148 Å². The number of Topliss-reactive ketones (excluding diaryl/α,β-unsaturated/α-hetero) is 2. The zero-order valence-electron chi connectivity index (χ0n) is 13.8. The molecule has 130 valence electrons. The van der Waals surface area contributed by atoms with E-state index in [1.54, 1.807) is 10.6 Å². The minimum atomic E-state index is -0.717. The van der Waals surface area contributed by atoms with Gasteiger partial charge in [-0.2, -0.15) is 5.10 Å². The first-order valence-corrected chi connectivity index (χ1v) is 7.85. The number of aromatic nitrogens is 2. The van der Waals surface area contributed by atoms with Crippen LogP contribution in [0.15, 0.2) is 64.8 Å². The fourth-order valence-corrected chi connectivity index (χ4v) is 2.68. The van der Waals surface area contributed by atoms with E-state index >= 15 is 0 Å². The van der Waals surface area contributed by atoms with Crippen molar-refractivity contribution in [1.82, 2.24) is 9.55 Å². The number of ketones is 2. The van der Waals surface area contributed by atoms with Crippen molar-refractivity contribution in [2.45, 2.75) is 13.0 Å². The molecule has 0 amide bonds. The van der Waals surface area contributed by atoms with E-state index in [4.69, 9.17) is 11.4 Å². The maximum Gasteiger partial charge on any atom is 0.235 e. The second-order valence-corrected chi connectivity index (χ2v) is 5.58. The Morgan fingerprint density at radius 3 is 2.46 bits per heavy atom. The molecule has 3 aromatic rings. The van der Waals surface area contributed by atoms with Gasteiger partial charge < -0.3 is 10.4 Å². The summed E-state index contributed by atoms with van der Waals surface area (Å²) in [6, 6.07) is 17.0. The number of para-hydroxylation sites is 2. The molecule has 0 bridgehead atoms. The second-order valence-electron chi connectivity index (χ2n) is 5.58. The van der Waals surface area contributed by atoms with Gasteiger partial charge in [-0.3, -0.25) is 9.59 Å². The lowest BCUT2D eigenvalue weighted by molar-refractivity contribution is -0.112. The molecular weight excluding hydrogens is 332 g/mol. The van der Waals surface area contributed by atoms with Gasteiger partial charge in [-0.25, -0.2) is 10.5 Å². The SMILES string of the molecule is N=NC(=NN)C(=O)CC(=O)c1nc2ccccc2n1Cc1ccccc1. The monoisotopic (exact) mass is 348 g/mol. The maximum absolute atomic E-state index is 12.7. The van der Waals surface area contributed by atoms with Crippen molar-refractivity contribution in [3.63, 3.8) is 0 Å². The van der Waals surface area contributed by atoms with Crippen LogP contribution in [0.4, 0.5) is 0 Å². The van der Waals surface area contributed by atoms with Gasteiger partial charge in [0.25, 0.3) is 0 Å². The van der Waals surface area contributed by atoms with E-state index in [0.717, 1.165) is 11.1 Å². The van der Waals surface area contributed by atoms with Gasteiger partial charge in [0.05, 0.1) is 17.5 Å². The van der Waals surface area contributed by atoms with Crippen LogP contribution in [0.3, 0.4) is 0 Å². The number of hydrazone groups is 1. The number of imidazole rings is 1. The van der Waals surface area contributed by atoms with Crippen molar-refractivity contribution >= 4 is 28.4 Å². The van der Waals surface area contributed by atoms with Crippen LogP contribution in [0, 0.1) is 5.53 Å². The number of hydrogen-bond donors (Lipinski definition) is 2. The summed E-state index contributed by atoms with van der Waals surface area (Å²) in [5.41, 5.74) is 9.34. The Kier molecular flexibility index (Phi) is 4.93. The highest BCUT2D eigenvalue weighted by atomic mass is 16.2. The third-order valence-corrected chi connectivity index (χ3v) is 3.89. The largest absolute Gasteiger partial charge is 0.321 e. The summed E-state index contributed by atoms with van der Waals surface area (Å²) in [5.74, 6) is 3.49. The molecule has 0 atom stereocenters. The molecule has 8 heteroatoms. The molecule has 3 rings (SSSR count). The normalized spacial score (nSPS) is 11.5. The highest BCUT2D eigenvalue weighted by molar-refractivity contribution is 6.42. The van der Waals surface area contributed by atoms with Crippen molar-refractivity contribution in [3.8, 4) is 0 Å². The van der Waals surface area contributed by atoms with Gasteiger partial charge in [0.1, 0.15) is 0 Å². The Balaban J connectivity index is 1.99. The van der Waals surface area contributed by atoms with Crippen LogP contribution in [0.1, 0.15) is 22.6 Å². The van der Waals surface area contributed by atoms with E-state index in [0.29, 0.717) is 12.1 Å². The van der Waals surface area contributed by atoms with E-state index in [2.05, 4.69) is 15.2 Å². The Hall–Kier alpha value is -3.68. The van der Waals surface area contributed by atoms with Crippen LogP contribution >= 0.6 is 0 Å². The molecule has 3 N–H and O–H groups in total.